The Hall–Kier alpha value is -1.28. The predicted molar refractivity (Wildman–Crippen MR) is 235 cm³/mol. The normalized spacial score (nSPS) is 14.7. The molecule has 9 heteroatoms. The second kappa shape index (κ2) is 38.2. The third kappa shape index (κ3) is 40.7. The number of allylic oxidation sites excluding steroid dienone is 5. The van der Waals surface area contributed by atoms with Crippen LogP contribution in [0.25, 0.3) is 0 Å². The zero-order valence-corrected chi connectivity index (χ0v) is 37.6. The molecule has 0 saturated carbocycles. The first-order chi connectivity index (χ1) is 26.5. The van der Waals surface area contributed by atoms with Gasteiger partial charge in [-0.05, 0) is 51.4 Å². The van der Waals surface area contributed by atoms with Crippen molar-refractivity contribution in [1.82, 2.24) is 5.32 Å². The number of phosphoric acid groups is 1. The average molecular weight is 798 g/mol. The number of quaternary nitrogens is 1. The van der Waals surface area contributed by atoms with Gasteiger partial charge in [0, 0.05) is 6.42 Å². The molecule has 0 aromatic rings. The average Bonchev–Trinajstić information content (AvgIpc) is 3.13. The quantitative estimate of drug-likeness (QED) is 0.0246. The molecule has 3 N–H and O–H groups in total. The van der Waals surface area contributed by atoms with Crippen molar-refractivity contribution in [3.63, 3.8) is 0 Å². The number of carbonyl (C=O) groups excluding carboxylic acids is 1. The minimum Gasteiger partial charge on any atom is -0.387 e. The first kappa shape index (κ1) is 53.7. The Morgan fingerprint density at radius 2 is 1.04 bits per heavy atom. The highest BCUT2D eigenvalue weighted by Crippen LogP contribution is 2.43. The van der Waals surface area contributed by atoms with Gasteiger partial charge in [0.05, 0.1) is 39.9 Å². The van der Waals surface area contributed by atoms with Crippen LogP contribution in [0, 0.1) is 0 Å². The van der Waals surface area contributed by atoms with Crippen molar-refractivity contribution in [2.45, 2.75) is 212 Å². The van der Waals surface area contributed by atoms with Crippen molar-refractivity contribution in [3.05, 3.63) is 36.5 Å². The van der Waals surface area contributed by atoms with Crippen LogP contribution in [0.1, 0.15) is 200 Å². The van der Waals surface area contributed by atoms with Gasteiger partial charge in [0.25, 0.3) is 0 Å². The first-order valence-corrected chi connectivity index (χ1v) is 24.4. The molecule has 0 aliphatic heterocycles. The van der Waals surface area contributed by atoms with E-state index in [1.807, 2.05) is 27.2 Å². The van der Waals surface area contributed by atoms with E-state index in [0.717, 1.165) is 51.4 Å². The summed E-state index contributed by atoms with van der Waals surface area (Å²) in [5, 5.41) is 13.8. The number of hydrogen-bond donors (Lipinski definition) is 3. The highest BCUT2D eigenvalue weighted by molar-refractivity contribution is 7.47. The largest absolute Gasteiger partial charge is 0.472 e. The van der Waals surface area contributed by atoms with Crippen LogP contribution < -0.4 is 5.32 Å². The minimum atomic E-state index is -4.34. The van der Waals surface area contributed by atoms with Crippen LogP contribution in [0.15, 0.2) is 36.5 Å². The molecule has 0 fully saturated rings. The predicted octanol–water partition coefficient (Wildman–Crippen LogP) is 12.7. The Labute approximate surface area is 340 Å². The molecule has 3 atom stereocenters. The van der Waals surface area contributed by atoms with Crippen molar-refractivity contribution < 1.29 is 32.9 Å². The first-order valence-electron chi connectivity index (χ1n) is 22.9. The van der Waals surface area contributed by atoms with Gasteiger partial charge in [-0.1, -0.05) is 179 Å². The fourth-order valence-electron chi connectivity index (χ4n) is 6.42. The van der Waals surface area contributed by atoms with Crippen molar-refractivity contribution in [3.8, 4) is 0 Å². The number of aliphatic hydroxyl groups is 1. The van der Waals surface area contributed by atoms with E-state index in [0.29, 0.717) is 17.4 Å². The number of likely N-dealkylation sites (N-methyl/N-ethyl adjacent to an activating group) is 1. The molecule has 0 bridgehead atoms. The maximum atomic E-state index is 12.9. The molecule has 55 heavy (non-hydrogen) atoms. The molecule has 0 radical (unpaired) electrons. The number of nitrogens with one attached hydrogen (secondary N) is 1. The van der Waals surface area contributed by atoms with E-state index in [-0.39, 0.29) is 19.1 Å². The van der Waals surface area contributed by atoms with Crippen LogP contribution in [0.2, 0.25) is 0 Å². The van der Waals surface area contributed by atoms with Gasteiger partial charge < -0.3 is 19.8 Å². The molecular formula is C46H90N2O6P+. The highest BCUT2D eigenvalue weighted by atomic mass is 31.2. The smallest absolute Gasteiger partial charge is 0.387 e. The van der Waals surface area contributed by atoms with Crippen LogP contribution >= 0.6 is 7.82 Å². The number of aliphatic hydroxyl groups excluding tert-OH is 1. The second-order valence-corrected chi connectivity index (χ2v) is 18.2. The fraction of sp³-hybridized carbons (Fsp3) is 0.848. The lowest BCUT2D eigenvalue weighted by molar-refractivity contribution is -0.870. The third-order valence-corrected chi connectivity index (χ3v) is 11.1. The van der Waals surface area contributed by atoms with Crippen LogP contribution in [0.5, 0.6) is 0 Å². The van der Waals surface area contributed by atoms with E-state index >= 15 is 0 Å². The standard InChI is InChI=1S/C46H89N2O6P/c1-6-8-10-12-14-16-18-20-22-24-26-28-30-32-34-36-38-40-46(50)47-44(43-54-55(51,52)53-42-41-48(3,4)5)45(49)39-37-35-33-31-29-27-25-23-21-19-17-15-13-11-9-7-2/h14,16,20,22,37,39,44-45,49H,6-13,15,17-19,21,23-36,38,40-43H2,1-5H3,(H-,47,50,51,52)/p+1/b16-14-,22-20-,39-37+. The molecule has 324 valence electrons. The van der Waals surface area contributed by atoms with Crippen molar-refractivity contribution in [2.75, 3.05) is 40.9 Å². The Balaban J connectivity index is 4.43. The minimum absolute atomic E-state index is 0.0596. The number of phosphoric ester groups is 1. The van der Waals surface area contributed by atoms with Crippen molar-refractivity contribution in [1.29, 1.82) is 0 Å². The molecule has 3 unspecified atom stereocenters. The van der Waals surface area contributed by atoms with Crippen LogP contribution in [-0.4, -0.2) is 73.4 Å². The maximum Gasteiger partial charge on any atom is 0.472 e. The Kier molecular flexibility index (Phi) is 37.4. The summed E-state index contributed by atoms with van der Waals surface area (Å²) in [6.07, 6.45) is 46.3. The molecule has 0 heterocycles. The molecule has 0 aliphatic carbocycles. The molecule has 0 rings (SSSR count). The number of carbonyl (C=O) groups is 1. The van der Waals surface area contributed by atoms with Crippen LogP contribution in [-0.2, 0) is 18.4 Å². The highest BCUT2D eigenvalue weighted by Gasteiger charge is 2.27. The van der Waals surface area contributed by atoms with E-state index in [1.54, 1.807) is 6.08 Å². The lowest BCUT2D eigenvalue weighted by atomic mass is 10.0. The van der Waals surface area contributed by atoms with Gasteiger partial charge in [-0.15, -0.1) is 0 Å². The van der Waals surface area contributed by atoms with E-state index in [4.69, 9.17) is 9.05 Å². The van der Waals surface area contributed by atoms with Gasteiger partial charge in [0.15, 0.2) is 0 Å². The van der Waals surface area contributed by atoms with Crippen LogP contribution in [0.4, 0.5) is 0 Å². The van der Waals surface area contributed by atoms with Crippen LogP contribution in [0.3, 0.4) is 0 Å². The zero-order chi connectivity index (χ0) is 40.7. The lowest BCUT2D eigenvalue weighted by Crippen LogP contribution is -2.45. The number of unbranched alkanes of at least 4 members (excludes halogenated alkanes) is 24. The number of hydrogen-bond acceptors (Lipinski definition) is 5. The summed E-state index contributed by atoms with van der Waals surface area (Å²) in [5.74, 6) is -0.186. The molecule has 0 spiro atoms. The van der Waals surface area contributed by atoms with E-state index in [9.17, 15) is 19.4 Å². The van der Waals surface area contributed by atoms with Gasteiger partial charge in [0.1, 0.15) is 13.2 Å². The molecule has 0 aliphatic rings. The molecule has 0 saturated heterocycles. The van der Waals surface area contributed by atoms with Gasteiger partial charge in [-0.2, -0.15) is 0 Å². The summed E-state index contributed by atoms with van der Waals surface area (Å²) in [6, 6.07) is -0.849. The van der Waals surface area contributed by atoms with Crippen molar-refractivity contribution in [2.24, 2.45) is 0 Å². The van der Waals surface area contributed by atoms with Gasteiger partial charge in [0.2, 0.25) is 5.91 Å². The van der Waals surface area contributed by atoms with Gasteiger partial charge >= 0.3 is 7.82 Å². The Morgan fingerprint density at radius 1 is 0.618 bits per heavy atom. The molecule has 0 aromatic carbocycles. The summed E-state index contributed by atoms with van der Waals surface area (Å²) in [7, 11) is 1.57. The van der Waals surface area contributed by atoms with Crippen molar-refractivity contribution >= 4 is 13.7 Å². The maximum absolute atomic E-state index is 12.9. The lowest BCUT2D eigenvalue weighted by Gasteiger charge is -2.25. The summed E-state index contributed by atoms with van der Waals surface area (Å²) in [6.45, 7) is 4.78. The topological polar surface area (TPSA) is 105 Å². The molecule has 8 nitrogen and oxygen atoms in total. The summed E-state index contributed by atoms with van der Waals surface area (Å²) >= 11 is 0. The molecule has 0 aromatic heterocycles. The Morgan fingerprint density at radius 3 is 1.53 bits per heavy atom. The monoisotopic (exact) mass is 798 g/mol. The number of amides is 1. The summed E-state index contributed by atoms with van der Waals surface area (Å²) < 4.78 is 23.6. The fourth-order valence-corrected chi connectivity index (χ4v) is 7.16. The van der Waals surface area contributed by atoms with E-state index in [2.05, 4.69) is 43.5 Å². The van der Waals surface area contributed by atoms with Gasteiger partial charge in [-0.3, -0.25) is 13.8 Å². The second-order valence-electron chi connectivity index (χ2n) is 16.8. The summed E-state index contributed by atoms with van der Waals surface area (Å²) in [5.41, 5.74) is 0. The van der Waals surface area contributed by atoms with E-state index < -0.39 is 20.0 Å². The van der Waals surface area contributed by atoms with Gasteiger partial charge in [-0.25, -0.2) is 4.57 Å². The number of rotatable bonds is 41. The zero-order valence-electron chi connectivity index (χ0n) is 36.7. The molecule has 1 amide bonds. The number of nitrogens with zero attached hydrogens (tertiary/aromatic N) is 1. The van der Waals surface area contributed by atoms with E-state index in [1.165, 1.54) is 128 Å². The summed E-state index contributed by atoms with van der Waals surface area (Å²) in [4.78, 5) is 23.1. The SMILES string of the molecule is CCCCC/C=C\C/C=C\CCCCCCCCCC(=O)NC(COP(=O)(O)OCC[N+](C)(C)C)C(O)/C=C/CCCCCCCCCCCCCCCC. The third-order valence-electron chi connectivity index (χ3n) is 10.1. The molecular weight excluding hydrogens is 707 g/mol. The Bertz CT molecular complexity index is 995.